The lowest BCUT2D eigenvalue weighted by Gasteiger charge is -2.19. The van der Waals surface area contributed by atoms with Crippen molar-refractivity contribution in [3.05, 3.63) is 23.5 Å². The zero-order chi connectivity index (χ0) is 16.0. The summed E-state index contributed by atoms with van der Waals surface area (Å²) in [5, 5.41) is 0. The highest BCUT2D eigenvalue weighted by Gasteiger charge is 2.23. The molecule has 0 aromatic heterocycles. The van der Waals surface area contributed by atoms with Gasteiger partial charge in [-0.2, -0.15) is 0 Å². The molecule has 0 radical (unpaired) electrons. The van der Waals surface area contributed by atoms with Gasteiger partial charge in [-0.05, 0) is 31.9 Å². The Hall–Kier alpha value is -1.14. The zero-order valence-corrected chi connectivity index (χ0v) is 13.8. The summed E-state index contributed by atoms with van der Waals surface area (Å²) in [6.45, 7) is 5.53. The Morgan fingerprint density at radius 1 is 1.24 bits per heavy atom. The Bertz CT molecular complexity index is 573. The summed E-state index contributed by atoms with van der Waals surface area (Å²) >= 11 is 0. The van der Waals surface area contributed by atoms with E-state index in [4.69, 9.17) is 5.73 Å². The van der Waals surface area contributed by atoms with E-state index < -0.39 is 15.8 Å². The van der Waals surface area contributed by atoms with E-state index in [0.717, 1.165) is 38.2 Å². The molecule has 3 N–H and O–H groups in total. The summed E-state index contributed by atoms with van der Waals surface area (Å²) in [4.78, 5) is -0.0717. The largest absolute Gasteiger partial charge is 0.399 e. The molecule has 120 valence electrons. The number of benzene rings is 1. The minimum absolute atomic E-state index is 0.0717. The number of unbranched alkanes of at least 4 members (excludes halogenated alkanes) is 1. The topological polar surface area (TPSA) is 72.2 Å². The van der Waals surface area contributed by atoms with Gasteiger partial charge in [0.25, 0.3) is 0 Å². The number of hydrogen-bond donors (Lipinski definition) is 2. The van der Waals surface area contributed by atoms with E-state index in [0.29, 0.717) is 0 Å². The minimum Gasteiger partial charge on any atom is -0.399 e. The monoisotopic (exact) mass is 316 g/mol. The van der Waals surface area contributed by atoms with E-state index in [1.54, 1.807) is 0 Å². The predicted octanol–water partition coefficient (Wildman–Crippen LogP) is 3.35. The molecule has 1 aromatic carbocycles. The molecule has 0 saturated carbocycles. The van der Waals surface area contributed by atoms with Crippen LogP contribution in [0.25, 0.3) is 0 Å². The number of sulfonamides is 1. The van der Waals surface area contributed by atoms with Crippen molar-refractivity contribution in [1.29, 1.82) is 0 Å². The average Bonchev–Trinajstić information content (AvgIpc) is 2.40. The standard InChI is InChI=1S/C15H25FN2O2S/c1-4-6-8-13(7-5-2)18-21(19,20)15-10-12(17)9-14(16)11(15)3/h9-10,13,18H,4-8,17H2,1-3H3. The van der Waals surface area contributed by atoms with Gasteiger partial charge in [0.15, 0.2) is 0 Å². The maximum atomic E-state index is 13.7. The second-order valence-electron chi connectivity index (χ2n) is 5.37. The van der Waals surface area contributed by atoms with Crippen LogP contribution in [0, 0.1) is 12.7 Å². The van der Waals surface area contributed by atoms with Crippen LogP contribution in [0.5, 0.6) is 0 Å². The van der Waals surface area contributed by atoms with Crippen LogP contribution in [0.3, 0.4) is 0 Å². The van der Waals surface area contributed by atoms with E-state index in [9.17, 15) is 12.8 Å². The predicted molar refractivity (Wildman–Crippen MR) is 84.1 cm³/mol. The van der Waals surface area contributed by atoms with Crippen LogP contribution in [-0.4, -0.2) is 14.5 Å². The van der Waals surface area contributed by atoms with Gasteiger partial charge in [0.05, 0.1) is 4.90 Å². The van der Waals surface area contributed by atoms with Crippen LogP contribution in [0.15, 0.2) is 17.0 Å². The summed E-state index contributed by atoms with van der Waals surface area (Å²) < 4.78 is 41.3. The van der Waals surface area contributed by atoms with Crippen molar-refractivity contribution in [3.63, 3.8) is 0 Å². The van der Waals surface area contributed by atoms with Crippen molar-refractivity contribution >= 4 is 15.7 Å². The van der Waals surface area contributed by atoms with Crippen LogP contribution in [-0.2, 0) is 10.0 Å². The van der Waals surface area contributed by atoms with E-state index >= 15 is 0 Å². The first kappa shape index (κ1) is 17.9. The van der Waals surface area contributed by atoms with Crippen LogP contribution in [0.2, 0.25) is 0 Å². The van der Waals surface area contributed by atoms with E-state index in [1.807, 2.05) is 6.92 Å². The lowest BCUT2D eigenvalue weighted by molar-refractivity contribution is 0.482. The number of anilines is 1. The number of nitrogen functional groups attached to an aromatic ring is 1. The third kappa shape index (κ3) is 4.97. The van der Waals surface area contributed by atoms with Crippen molar-refractivity contribution in [2.24, 2.45) is 0 Å². The van der Waals surface area contributed by atoms with Crippen molar-refractivity contribution in [3.8, 4) is 0 Å². The van der Waals surface area contributed by atoms with Gasteiger partial charge in [-0.25, -0.2) is 17.5 Å². The summed E-state index contributed by atoms with van der Waals surface area (Å²) in [7, 11) is -3.76. The van der Waals surface area contributed by atoms with Crippen molar-refractivity contribution < 1.29 is 12.8 Å². The molecule has 0 amide bonds. The quantitative estimate of drug-likeness (QED) is 0.722. The zero-order valence-electron chi connectivity index (χ0n) is 12.9. The van der Waals surface area contributed by atoms with Gasteiger partial charge in [-0.1, -0.05) is 33.1 Å². The Labute approximate surface area is 127 Å². The molecule has 0 spiro atoms. The SMILES string of the molecule is CCCCC(CCC)NS(=O)(=O)c1cc(N)cc(F)c1C. The van der Waals surface area contributed by atoms with E-state index in [-0.39, 0.29) is 22.2 Å². The third-order valence-corrected chi connectivity index (χ3v) is 5.12. The molecule has 0 aliphatic carbocycles. The van der Waals surface area contributed by atoms with Gasteiger partial charge in [0, 0.05) is 17.3 Å². The number of hydrogen-bond acceptors (Lipinski definition) is 3. The van der Waals surface area contributed by atoms with E-state index in [2.05, 4.69) is 11.6 Å². The highest BCUT2D eigenvalue weighted by atomic mass is 32.2. The van der Waals surface area contributed by atoms with Gasteiger partial charge in [-0.15, -0.1) is 0 Å². The lowest BCUT2D eigenvalue weighted by atomic mass is 10.1. The van der Waals surface area contributed by atoms with Crippen molar-refractivity contribution in [2.45, 2.75) is 63.8 Å². The molecule has 1 rings (SSSR count). The number of halogens is 1. The third-order valence-electron chi connectivity index (χ3n) is 3.47. The Balaban J connectivity index is 3.04. The molecular weight excluding hydrogens is 291 g/mol. The fourth-order valence-electron chi connectivity index (χ4n) is 2.30. The maximum absolute atomic E-state index is 13.7. The Morgan fingerprint density at radius 2 is 1.90 bits per heavy atom. The molecule has 1 unspecified atom stereocenters. The fourth-order valence-corrected chi connectivity index (χ4v) is 3.89. The molecule has 0 heterocycles. The first-order valence-corrected chi connectivity index (χ1v) is 8.88. The number of nitrogens with one attached hydrogen (secondary N) is 1. The fraction of sp³-hybridized carbons (Fsp3) is 0.600. The highest BCUT2D eigenvalue weighted by Crippen LogP contribution is 2.22. The highest BCUT2D eigenvalue weighted by molar-refractivity contribution is 7.89. The van der Waals surface area contributed by atoms with Gasteiger partial charge in [0.2, 0.25) is 10.0 Å². The summed E-state index contributed by atoms with van der Waals surface area (Å²) in [5.74, 6) is -0.601. The molecule has 0 bridgehead atoms. The summed E-state index contributed by atoms with van der Waals surface area (Å²) in [6, 6.07) is 2.32. The molecule has 6 heteroatoms. The molecule has 0 fully saturated rings. The van der Waals surface area contributed by atoms with Crippen LogP contribution in [0.1, 0.15) is 51.5 Å². The molecule has 0 aliphatic heterocycles. The Morgan fingerprint density at radius 3 is 2.48 bits per heavy atom. The van der Waals surface area contributed by atoms with Gasteiger partial charge >= 0.3 is 0 Å². The average molecular weight is 316 g/mol. The van der Waals surface area contributed by atoms with Gasteiger partial charge in [-0.3, -0.25) is 0 Å². The van der Waals surface area contributed by atoms with Crippen molar-refractivity contribution in [1.82, 2.24) is 4.72 Å². The summed E-state index contributed by atoms with van der Waals surface area (Å²) in [6.07, 6.45) is 4.41. The normalized spacial score (nSPS) is 13.3. The minimum atomic E-state index is -3.76. The molecule has 4 nitrogen and oxygen atoms in total. The van der Waals surface area contributed by atoms with Crippen LogP contribution >= 0.6 is 0 Å². The van der Waals surface area contributed by atoms with Crippen molar-refractivity contribution in [2.75, 3.05) is 5.73 Å². The maximum Gasteiger partial charge on any atom is 0.241 e. The molecular formula is C15H25FN2O2S. The van der Waals surface area contributed by atoms with Crippen LogP contribution in [0.4, 0.5) is 10.1 Å². The number of nitrogens with two attached hydrogens (primary N) is 1. The summed E-state index contributed by atoms with van der Waals surface area (Å²) in [5.41, 5.74) is 5.77. The molecule has 1 atom stereocenters. The molecule has 21 heavy (non-hydrogen) atoms. The first-order valence-electron chi connectivity index (χ1n) is 7.39. The molecule has 0 saturated heterocycles. The lowest BCUT2D eigenvalue weighted by Crippen LogP contribution is -2.35. The van der Waals surface area contributed by atoms with Gasteiger partial charge < -0.3 is 5.73 Å². The molecule has 0 aliphatic rings. The number of rotatable bonds is 8. The molecule has 1 aromatic rings. The smallest absolute Gasteiger partial charge is 0.241 e. The second kappa shape index (κ2) is 7.75. The second-order valence-corrected chi connectivity index (χ2v) is 7.06. The Kier molecular flexibility index (Phi) is 6.61. The van der Waals surface area contributed by atoms with E-state index in [1.165, 1.54) is 13.0 Å². The van der Waals surface area contributed by atoms with Crippen LogP contribution < -0.4 is 10.5 Å². The first-order chi connectivity index (χ1) is 9.81. The van der Waals surface area contributed by atoms with Gasteiger partial charge in [0.1, 0.15) is 5.82 Å².